The predicted octanol–water partition coefficient (Wildman–Crippen LogP) is 1.42. The van der Waals surface area contributed by atoms with Gasteiger partial charge in [0.05, 0.1) is 0 Å². The van der Waals surface area contributed by atoms with Crippen LogP contribution >= 0.6 is 0 Å². The Hall–Kier alpha value is -1.28. The maximum absolute atomic E-state index is 9.13. The van der Waals surface area contributed by atoms with E-state index in [-0.39, 0.29) is 11.8 Å². The number of nitrogens with two attached hydrogens (primary N) is 1. The summed E-state index contributed by atoms with van der Waals surface area (Å²) in [4.78, 5) is 0. The highest BCUT2D eigenvalue weighted by Crippen LogP contribution is 2.28. The van der Waals surface area contributed by atoms with Gasteiger partial charge in [-0.2, -0.15) is 0 Å². The third-order valence-electron chi connectivity index (χ3n) is 1.91. The maximum atomic E-state index is 9.13. The Morgan fingerprint density at radius 1 is 1.36 bits per heavy atom. The molecule has 0 spiro atoms. The summed E-state index contributed by atoms with van der Waals surface area (Å²) in [6.07, 6.45) is 3.89. The molecule has 1 atom stereocenters. The molecule has 0 saturated heterocycles. The average molecular weight is 147 g/mol. The van der Waals surface area contributed by atoms with Crippen LogP contribution in [0.1, 0.15) is 17.2 Å². The summed E-state index contributed by atoms with van der Waals surface area (Å²) in [5, 5.41) is 9.13. The van der Waals surface area contributed by atoms with Crippen LogP contribution < -0.4 is 5.73 Å². The molecule has 0 radical (unpaired) electrons. The maximum Gasteiger partial charge on any atom is 0.115 e. The summed E-state index contributed by atoms with van der Waals surface area (Å²) in [5.41, 5.74) is 7.83. The van der Waals surface area contributed by atoms with Crippen LogP contribution in [-0.2, 0) is 0 Å². The van der Waals surface area contributed by atoms with Crippen molar-refractivity contribution in [2.45, 2.75) is 6.04 Å². The molecule has 2 nitrogen and oxygen atoms in total. The molecule has 0 bridgehead atoms. The molecule has 0 aliphatic heterocycles. The Kier molecular flexibility index (Phi) is 1.23. The third-order valence-corrected chi connectivity index (χ3v) is 1.91. The normalized spacial score (nSPS) is 20.3. The van der Waals surface area contributed by atoms with Gasteiger partial charge in [0.15, 0.2) is 0 Å². The van der Waals surface area contributed by atoms with Crippen LogP contribution in [0.15, 0.2) is 24.3 Å². The van der Waals surface area contributed by atoms with Crippen molar-refractivity contribution in [2.24, 2.45) is 5.73 Å². The molecule has 2 rings (SSSR count). The van der Waals surface area contributed by atoms with Gasteiger partial charge in [-0.05, 0) is 23.3 Å². The second kappa shape index (κ2) is 2.10. The van der Waals surface area contributed by atoms with Crippen molar-refractivity contribution in [1.82, 2.24) is 0 Å². The van der Waals surface area contributed by atoms with Gasteiger partial charge < -0.3 is 10.8 Å². The van der Waals surface area contributed by atoms with E-state index in [1.54, 1.807) is 12.1 Å². The summed E-state index contributed by atoms with van der Waals surface area (Å²) >= 11 is 0. The molecule has 1 aromatic rings. The molecular weight excluding hydrogens is 138 g/mol. The van der Waals surface area contributed by atoms with Crippen LogP contribution in [-0.4, -0.2) is 5.11 Å². The monoisotopic (exact) mass is 147 g/mol. The molecule has 11 heavy (non-hydrogen) atoms. The molecule has 0 unspecified atom stereocenters. The van der Waals surface area contributed by atoms with Crippen LogP contribution in [0, 0.1) is 0 Å². The van der Waals surface area contributed by atoms with Crippen LogP contribution in [0.3, 0.4) is 0 Å². The number of phenols is 1. The molecule has 0 amide bonds. The lowest BCUT2D eigenvalue weighted by atomic mass is 10.1. The van der Waals surface area contributed by atoms with E-state index in [0.29, 0.717) is 0 Å². The number of hydrogen-bond donors (Lipinski definition) is 2. The number of rotatable bonds is 0. The lowest BCUT2D eigenvalue weighted by Crippen LogP contribution is -2.03. The quantitative estimate of drug-likeness (QED) is 0.583. The summed E-state index contributed by atoms with van der Waals surface area (Å²) in [6, 6.07) is 5.20. The van der Waals surface area contributed by atoms with Gasteiger partial charge in [-0.1, -0.05) is 18.2 Å². The first-order chi connectivity index (χ1) is 5.27. The first-order valence-electron chi connectivity index (χ1n) is 3.54. The van der Waals surface area contributed by atoms with Crippen LogP contribution in [0.25, 0.3) is 6.08 Å². The molecule has 0 saturated carbocycles. The fourth-order valence-corrected chi connectivity index (χ4v) is 1.31. The van der Waals surface area contributed by atoms with Gasteiger partial charge >= 0.3 is 0 Å². The number of phenolic OH excluding ortho intramolecular Hbond substituents is 1. The first-order valence-corrected chi connectivity index (χ1v) is 3.54. The number of aromatic hydroxyl groups is 1. The fourth-order valence-electron chi connectivity index (χ4n) is 1.31. The van der Waals surface area contributed by atoms with Crippen molar-refractivity contribution >= 4 is 6.08 Å². The van der Waals surface area contributed by atoms with Gasteiger partial charge in [0, 0.05) is 6.04 Å². The summed E-state index contributed by atoms with van der Waals surface area (Å²) < 4.78 is 0. The minimum absolute atomic E-state index is 0.0444. The van der Waals surface area contributed by atoms with E-state index < -0.39 is 0 Å². The average Bonchev–Trinajstić information content (AvgIpc) is 2.33. The van der Waals surface area contributed by atoms with Crippen LogP contribution in [0.4, 0.5) is 0 Å². The van der Waals surface area contributed by atoms with Gasteiger partial charge in [-0.15, -0.1) is 0 Å². The van der Waals surface area contributed by atoms with Gasteiger partial charge in [0.1, 0.15) is 5.75 Å². The molecule has 1 aromatic carbocycles. The van der Waals surface area contributed by atoms with Crippen molar-refractivity contribution in [3.05, 3.63) is 35.4 Å². The van der Waals surface area contributed by atoms with E-state index in [1.165, 1.54) is 0 Å². The zero-order valence-electron chi connectivity index (χ0n) is 5.99. The second-order valence-electron chi connectivity index (χ2n) is 2.70. The third kappa shape index (κ3) is 0.917. The SMILES string of the molecule is N[C@@H]1C=Cc2ccc(O)cc21. The molecular formula is C9H9NO. The van der Waals surface area contributed by atoms with Crippen molar-refractivity contribution in [3.63, 3.8) is 0 Å². The van der Waals surface area contributed by atoms with Crippen molar-refractivity contribution < 1.29 is 5.11 Å². The Morgan fingerprint density at radius 2 is 2.18 bits per heavy atom. The predicted molar refractivity (Wildman–Crippen MR) is 44.1 cm³/mol. The topological polar surface area (TPSA) is 46.2 Å². The lowest BCUT2D eigenvalue weighted by molar-refractivity contribution is 0.474. The van der Waals surface area contributed by atoms with Gasteiger partial charge in [-0.3, -0.25) is 0 Å². The zero-order chi connectivity index (χ0) is 7.84. The molecule has 0 heterocycles. The smallest absolute Gasteiger partial charge is 0.115 e. The summed E-state index contributed by atoms with van der Waals surface area (Å²) in [5.74, 6) is 0.280. The summed E-state index contributed by atoms with van der Waals surface area (Å²) in [7, 11) is 0. The van der Waals surface area contributed by atoms with Crippen LogP contribution in [0.5, 0.6) is 5.75 Å². The standard InChI is InChI=1S/C9H9NO/c10-9-4-2-6-1-3-7(11)5-8(6)9/h1-5,9,11H,10H2/t9-/m1/s1. The molecule has 56 valence electrons. The van der Waals surface area contributed by atoms with E-state index in [0.717, 1.165) is 11.1 Å². The largest absolute Gasteiger partial charge is 0.508 e. The van der Waals surface area contributed by atoms with Crippen molar-refractivity contribution in [3.8, 4) is 5.75 Å². The van der Waals surface area contributed by atoms with Gasteiger partial charge in [-0.25, -0.2) is 0 Å². The lowest BCUT2D eigenvalue weighted by Gasteiger charge is -2.03. The van der Waals surface area contributed by atoms with Gasteiger partial charge in [0.2, 0.25) is 0 Å². The minimum Gasteiger partial charge on any atom is -0.508 e. The van der Waals surface area contributed by atoms with Crippen LogP contribution in [0.2, 0.25) is 0 Å². The molecule has 0 fully saturated rings. The molecule has 0 aromatic heterocycles. The van der Waals surface area contributed by atoms with E-state index in [1.807, 2.05) is 18.2 Å². The van der Waals surface area contributed by atoms with E-state index in [2.05, 4.69) is 0 Å². The number of fused-ring (bicyclic) bond motifs is 1. The highest BCUT2D eigenvalue weighted by Gasteiger charge is 2.12. The van der Waals surface area contributed by atoms with E-state index >= 15 is 0 Å². The molecule has 1 aliphatic carbocycles. The van der Waals surface area contributed by atoms with Crippen molar-refractivity contribution in [1.29, 1.82) is 0 Å². The molecule has 2 heteroatoms. The Morgan fingerprint density at radius 3 is 3.00 bits per heavy atom. The summed E-state index contributed by atoms with van der Waals surface area (Å²) in [6.45, 7) is 0. The highest BCUT2D eigenvalue weighted by atomic mass is 16.3. The first kappa shape index (κ1) is 6.43. The Bertz CT molecular complexity index is 317. The number of benzene rings is 1. The van der Waals surface area contributed by atoms with Crippen molar-refractivity contribution in [2.75, 3.05) is 0 Å². The zero-order valence-corrected chi connectivity index (χ0v) is 5.99. The Balaban J connectivity index is 2.58. The second-order valence-corrected chi connectivity index (χ2v) is 2.70. The van der Waals surface area contributed by atoms with E-state index in [4.69, 9.17) is 10.8 Å². The minimum atomic E-state index is -0.0444. The molecule has 3 N–H and O–H groups in total. The fraction of sp³-hybridized carbons (Fsp3) is 0.111. The molecule has 1 aliphatic rings. The highest BCUT2D eigenvalue weighted by molar-refractivity contribution is 5.63. The Labute approximate surface area is 65.0 Å². The van der Waals surface area contributed by atoms with E-state index in [9.17, 15) is 0 Å². The van der Waals surface area contributed by atoms with Gasteiger partial charge in [0.25, 0.3) is 0 Å². The number of hydrogen-bond acceptors (Lipinski definition) is 2.